The van der Waals surface area contributed by atoms with Crippen molar-refractivity contribution >= 4 is 12.2 Å². The van der Waals surface area contributed by atoms with Crippen LogP contribution in [0.3, 0.4) is 0 Å². The third kappa shape index (κ3) is 6.10. The highest BCUT2D eigenvalue weighted by atomic mass is 16.5. The molecule has 146 valence electrons. The van der Waals surface area contributed by atoms with Crippen molar-refractivity contribution in [3.63, 3.8) is 0 Å². The fourth-order valence-corrected chi connectivity index (χ4v) is 2.41. The van der Waals surface area contributed by atoms with E-state index in [2.05, 4.69) is 15.3 Å². The van der Waals surface area contributed by atoms with Gasteiger partial charge in [0.05, 0.1) is 6.61 Å². The number of hydrogen-bond donors (Lipinski definition) is 3. The first-order chi connectivity index (χ1) is 13.6. The molecule has 0 aliphatic carbocycles. The second-order valence-corrected chi connectivity index (χ2v) is 5.94. The van der Waals surface area contributed by atoms with Gasteiger partial charge in [0.15, 0.2) is 0 Å². The van der Waals surface area contributed by atoms with Gasteiger partial charge in [0.25, 0.3) is 11.1 Å². The third-order valence-electron chi connectivity index (χ3n) is 3.60. The Morgan fingerprint density at radius 2 is 1.29 bits per heavy atom. The smallest absolute Gasteiger partial charge is 0.272 e. The first-order valence-corrected chi connectivity index (χ1v) is 8.99. The molecule has 0 bridgehead atoms. The Balaban J connectivity index is 0.000000878. The van der Waals surface area contributed by atoms with Crippen LogP contribution in [0.5, 0.6) is 5.75 Å². The van der Waals surface area contributed by atoms with Crippen LogP contribution >= 0.6 is 0 Å². The van der Waals surface area contributed by atoms with Crippen LogP contribution in [0.2, 0.25) is 0 Å². The molecule has 0 radical (unpaired) electrons. The summed E-state index contributed by atoms with van der Waals surface area (Å²) in [5.41, 5.74) is 0.938. The maximum absolute atomic E-state index is 12.3. The van der Waals surface area contributed by atoms with Crippen molar-refractivity contribution in [2.75, 3.05) is 20.7 Å². The van der Waals surface area contributed by atoms with E-state index in [1.807, 2.05) is 75.6 Å². The Morgan fingerprint density at radius 3 is 1.75 bits per heavy atom. The first kappa shape index (κ1) is 20.9. The number of aromatic nitrogens is 2. The lowest BCUT2D eigenvalue weighted by atomic mass is 10.2. The van der Waals surface area contributed by atoms with Gasteiger partial charge in [0.2, 0.25) is 0 Å². The van der Waals surface area contributed by atoms with Gasteiger partial charge < -0.3 is 20.0 Å². The van der Waals surface area contributed by atoms with Crippen LogP contribution in [0.25, 0.3) is 12.2 Å². The molecular weight excluding hydrogens is 354 g/mol. The summed E-state index contributed by atoms with van der Waals surface area (Å²) < 4.78 is 5.38. The van der Waals surface area contributed by atoms with Gasteiger partial charge in [-0.1, -0.05) is 42.5 Å². The highest BCUT2D eigenvalue weighted by Crippen LogP contribution is 2.11. The Morgan fingerprint density at radius 1 is 0.821 bits per heavy atom. The van der Waals surface area contributed by atoms with Gasteiger partial charge in [-0.25, -0.2) is 0 Å². The summed E-state index contributed by atoms with van der Waals surface area (Å²) in [6.07, 6.45) is 3.27. The van der Waals surface area contributed by atoms with Crippen molar-refractivity contribution in [3.8, 4) is 5.75 Å². The second-order valence-electron chi connectivity index (χ2n) is 5.94. The largest absolute Gasteiger partial charge is 0.494 e. The minimum Gasteiger partial charge on any atom is -0.494 e. The zero-order valence-corrected chi connectivity index (χ0v) is 16.3. The highest BCUT2D eigenvalue weighted by molar-refractivity contribution is 5.50. The minimum atomic E-state index is -0.351. The number of nitrogens with one attached hydrogen (secondary N) is 3. The van der Waals surface area contributed by atoms with Crippen molar-refractivity contribution < 1.29 is 4.74 Å². The molecule has 0 amide bonds. The van der Waals surface area contributed by atoms with Crippen LogP contribution in [0, 0.1) is 0 Å². The molecule has 28 heavy (non-hydrogen) atoms. The van der Waals surface area contributed by atoms with Crippen molar-refractivity contribution in [2.24, 2.45) is 0 Å². The summed E-state index contributed by atoms with van der Waals surface area (Å²) in [5.74, 6) is 0.759. The van der Waals surface area contributed by atoms with Gasteiger partial charge in [0, 0.05) is 0 Å². The van der Waals surface area contributed by atoms with E-state index in [1.54, 1.807) is 12.2 Å². The SMILES string of the molecule is CCOc1ccc(C=c2[nH]c(=O)c(=Cc3ccccc3)[nH]c2=O)cc1.CNC. The van der Waals surface area contributed by atoms with Gasteiger partial charge in [-0.3, -0.25) is 9.59 Å². The fraction of sp³-hybridized carbons (Fsp3) is 0.182. The Kier molecular flexibility index (Phi) is 7.99. The summed E-state index contributed by atoms with van der Waals surface area (Å²) in [6, 6.07) is 16.6. The molecule has 0 fully saturated rings. The molecule has 3 rings (SSSR count). The summed E-state index contributed by atoms with van der Waals surface area (Å²) in [6.45, 7) is 2.51. The molecule has 0 spiro atoms. The molecule has 0 aliphatic heterocycles. The molecule has 0 unspecified atom stereocenters. The lowest BCUT2D eigenvalue weighted by Crippen LogP contribution is -2.46. The summed E-state index contributed by atoms with van der Waals surface area (Å²) >= 11 is 0. The summed E-state index contributed by atoms with van der Waals surface area (Å²) in [5, 5.41) is 3.18. The molecule has 1 heterocycles. The number of rotatable bonds is 4. The normalized spacial score (nSPS) is 11.7. The van der Waals surface area contributed by atoms with Gasteiger partial charge in [-0.05, 0) is 56.4 Å². The lowest BCUT2D eigenvalue weighted by Gasteiger charge is -2.02. The molecule has 3 N–H and O–H groups in total. The van der Waals surface area contributed by atoms with Crippen LogP contribution in [0.15, 0.2) is 64.2 Å². The van der Waals surface area contributed by atoms with Crippen LogP contribution in [0.1, 0.15) is 18.1 Å². The first-order valence-electron chi connectivity index (χ1n) is 8.99. The Hall–Kier alpha value is -3.38. The van der Waals surface area contributed by atoms with E-state index in [-0.39, 0.29) is 21.8 Å². The molecule has 6 heteroatoms. The molecule has 2 aromatic carbocycles. The molecule has 0 saturated carbocycles. The number of ether oxygens (including phenoxy) is 1. The molecule has 0 atom stereocenters. The van der Waals surface area contributed by atoms with Crippen LogP contribution in [-0.4, -0.2) is 30.7 Å². The average molecular weight is 379 g/mol. The van der Waals surface area contributed by atoms with Gasteiger partial charge in [-0.15, -0.1) is 0 Å². The molecule has 1 aromatic heterocycles. The quantitative estimate of drug-likeness (QED) is 0.630. The van der Waals surface area contributed by atoms with Crippen molar-refractivity contribution in [3.05, 3.63) is 97.1 Å². The van der Waals surface area contributed by atoms with Gasteiger partial charge in [-0.2, -0.15) is 0 Å². The summed E-state index contributed by atoms with van der Waals surface area (Å²) in [4.78, 5) is 29.8. The topological polar surface area (TPSA) is 87.0 Å². The molecule has 0 saturated heterocycles. The van der Waals surface area contributed by atoms with E-state index in [0.29, 0.717) is 6.61 Å². The average Bonchev–Trinajstić information content (AvgIpc) is 2.69. The van der Waals surface area contributed by atoms with Gasteiger partial charge in [0.1, 0.15) is 16.4 Å². The Bertz CT molecular complexity index is 1100. The second kappa shape index (κ2) is 10.7. The summed E-state index contributed by atoms with van der Waals surface area (Å²) in [7, 11) is 3.75. The number of hydrogen-bond acceptors (Lipinski definition) is 4. The Labute approximate surface area is 163 Å². The van der Waals surface area contributed by atoms with Crippen molar-refractivity contribution in [1.29, 1.82) is 0 Å². The fourth-order valence-electron chi connectivity index (χ4n) is 2.41. The number of benzene rings is 2. The van der Waals surface area contributed by atoms with E-state index < -0.39 is 0 Å². The number of aromatic amines is 2. The zero-order chi connectivity index (χ0) is 20.4. The molecule has 3 aromatic rings. The zero-order valence-electron chi connectivity index (χ0n) is 16.3. The minimum absolute atomic E-state index is 0.208. The maximum Gasteiger partial charge on any atom is 0.272 e. The van der Waals surface area contributed by atoms with Crippen LogP contribution in [-0.2, 0) is 0 Å². The van der Waals surface area contributed by atoms with E-state index >= 15 is 0 Å². The third-order valence-corrected chi connectivity index (χ3v) is 3.60. The lowest BCUT2D eigenvalue weighted by molar-refractivity contribution is 0.340. The van der Waals surface area contributed by atoms with Crippen molar-refractivity contribution in [2.45, 2.75) is 6.92 Å². The molecular formula is C22H25N3O3. The standard InChI is InChI=1S/C20H18N2O3.C2H7N/c1-2-25-16-10-8-15(9-11-16)13-18-20(24)21-17(19(23)22-18)12-14-6-4-3-5-7-14;1-3-2/h3-13H,2H2,1H3,(H,21,24)(H,22,23);3H,1-2H3. The number of H-pyrrole nitrogens is 2. The van der Waals surface area contributed by atoms with E-state index in [0.717, 1.165) is 16.9 Å². The monoisotopic (exact) mass is 379 g/mol. The van der Waals surface area contributed by atoms with Crippen molar-refractivity contribution in [1.82, 2.24) is 15.3 Å². The van der Waals surface area contributed by atoms with Crippen LogP contribution < -0.4 is 31.9 Å². The highest BCUT2D eigenvalue weighted by Gasteiger charge is 1.98. The molecule has 0 aliphatic rings. The predicted molar refractivity (Wildman–Crippen MR) is 113 cm³/mol. The van der Waals surface area contributed by atoms with E-state index in [9.17, 15) is 9.59 Å². The van der Waals surface area contributed by atoms with E-state index in [1.165, 1.54) is 0 Å². The molecule has 6 nitrogen and oxygen atoms in total. The van der Waals surface area contributed by atoms with E-state index in [4.69, 9.17) is 4.74 Å². The van der Waals surface area contributed by atoms with Crippen LogP contribution in [0.4, 0.5) is 0 Å². The van der Waals surface area contributed by atoms with Gasteiger partial charge >= 0.3 is 0 Å². The predicted octanol–water partition coefficient (Wildman–Crippen LogP) is 0.955. The maximum atomic E-state index is 12.3.